The van der Waals surface area contributed by atoms with Crippen molar-refractivity contribution in [2.45, 2.75) is 0 Å². The zero-order valence-corrected chi connectivity index (χ0v) is 18.1. The topological polar surface area (TPSA) is 79.0 Å². The lowest BCUT2D eigenvalue weighted by Gasteiger charge is -2.34. The van der Waals surface area contributed by atoms with Gasteiger partial charge in [-0.2, -0.15) is 4.31 Å². The van der Waals surface area contributed by atoms with Gasteiger partial charge < -0.3 is 15.0 Å². The van der Waals surface area contributed by atoms with Gasteiger partial charge in [0.05, 0.1) is 6.26 Å². The fraction of sp³-hybridized carbons (Fsp3) is 0.261. The normalized spacial score (nSPS) is 15.1. The van der Waals surface area contributed by atoms with Crippen molar-refractivity contribution < 1.29 is 17.9 Å². The van der Waals surface area contributed by atoms with Gasteiger partial charge in [-0.25, -0.2) is 8.42 Å². The minimum absolute atomic E-state index is 0.0759. The standard InChI is InChI=1S/C23H25N3O4S/c1-31(28,29)26-14-12-25(13-15-26)21-9-7-20(8-10-21)24-23(27)17-30-22-11-6-18-4-2-3-5-19(18)16-22/h2-11,16H,12-15,17H2,1H3,(H,24,27). The van der Waals surface area contributed by atoms with Crippen LogP contribution in [-0.4, -0.2) is 57.7 Å². The van der Waals surface area contributed by atoms with Crippen molar-refractivity contribution in [3.05, 3.63) is 66.7 Å². The zero-order chi connectivity index (χ0) is 21.8. The third-order valence-electron chi connectivity index (χ3n) is 5.31. The number of nitrogens with zero attached hydrogens (tertiary/aromatic N) is 2. The molecule has 3 aromatic carbocycles. The summed E-state index contributed by atoms with van der Waals surface area (Å²) in [6, 6.07) is 21.3. The van der Waals surface area contributed by atoms with Crippen molar-refractivity contribution in [2.24, 2.45) is 0 Å². The number of sulfonamides is 1. The summed E-state index contributed by atoms with van der Waals surface area (Å²) < 4.78 is 30.4. The Hall–Kier alpha value is -3.10. The maximum Gasteiger partial charge on any atom is 0.262 e. The molecule has 1 heterocycles. The van der Waals surface area contributed by atoms with Crippen LogP contribution in [0.4, 0.5) is 11.4 Å². The Morgan fingerprint density at radius 3 is 2.29 bits per heavy atom. The number of carbonyl (C=O) groups excluding carboxylic acids is 1. The van der Waals surface area contributed by atoms with Gasteiger partial charge in [0.15, 0.2) is 6.61 Å². The van der Waals surface area contributed by atoms with Crippen molar-refractivity contribution in [3.63, 3.8) is 0 Å². The lowest BCUT2D eigenvalue weighted by atomic mass is 10.1. The molecule has 7 nitrogen and oxygen atoms in total. The molecule has 0 atom stereocenters. The average molecular weight is 440 g/mol. The Labute approximate surface area is 182 Å². The second-order valence-corrected chi connectivity index (χ2v) is 9.52. The molecule has 0 aromatic heterocycles. The van der Waals surface area contributed by atoms with Gasteiger partial charge in [0.1, 0.15) is 5.75 Å². The molecule has 1 fully saturated rings. The second-order valence-electron chi connectivity index (χ2n) is 7.54. The summed E-state index contributed by atoms with van der Waals surface area (Å²) in [5, 5.41) is 5.02. The summed E-state index contributed by atoms with van der Waals surface area (Å²) in [7, 11) is -3.14. The van der Waals surface area contributed by atoms with E-state index in [1.165, 1.54) is 10.6 Å². The minimum Gasteiger partial charge on any atom is -0.484 e. The first-order valence-corrected chi connectivity index (χ1v) is 11.9. The summed E-state index contributed by atoms with van der Waals surface area (Å²) in [5.41, 5.74) is 1.68. The number of amides is 1. The van der Waals surface area contributed by atoms with E-state index < -0.39 is 10.0 Å². The molecule has 4 rings (SSSR count). The molecular formula is C23H25N3O4S. The van der Waals surface area contributed by atoms with Gasteiger partial charge in [-0.15, -0.1) is 0 Å². The molecule has 1 aliphatic rings. The Balaban J connectivity index is 1.29. The molecule has 1 saturated heterocycles. The van der Waals surface area contributed by atoms with E-state index in [1.807, 2.05) is 66.7 Å². The highest BCUT2D eigenvalue weighted by molar-refractivity contribution is 7.88. The molecule has 8 heteroatoms. The van der Waals surface area contributed by atoms with E-state index in [2.05, 4.69) is 10.2 Å². The van der Waals surface area contributed by atoms with Crippen LogP contribution in [0, 0.1) is 0 Å². The van der Waals surface area contributed by atoms with Crippen LogP contribution >= 0.6 is 0 Å². The monoisotopic (exact) mass is 439 g/mol. The second kappa shape index (κ2) is 8.95. The van der Waals surface area contributed by atoms with Crippen LogP contribution in [0.5, 0.6) is 5.75 Å². The number of fused-ring (bicyclic) bond motifs is 1. The maximum absolute atomic E-state index is 12.3. The van der Waals surface area contributed by atoms with Crippen LogP contribution in [0.2, 0.25) is 0 Å². The fourth-order valence-corrected chi connectivity index (χ4v) is 4.46. The fourth-order valence-electron chi connectivity index (χ4n) is 3.64. The SMILES string of the molecule is CS(=O)(=O)N1CCN(c2ccc(NC(=O)COc3ccc4ccccc4c3)cc2)CC1. The van der Waals surface area contributed by atoms with E-state index in [4.69, 9.17) is 4.74 Å². The summed E-state index contributed by atoms with van der Waals surface area (Å²) in [6.07, 6.45) is 1.24. The number of hydrogen-bond donors (Lipinski definition) is 1. The van der Waals surface area contributed by atoms with Gasteiger partial charge in [0, 0.05) is 37.6 Å². The van der Waals surface area contributed by atoms with E-state index >= 15 is 0 Å². The molecule has 3 aromatic rings. The lowest BCUT2D eigenvalue weighted by molar-refractivity contribution is -0.118. The maximum atomic E-state index is 12.3. The Bertz CT molecular complexity index is 1170. The smallest absolute Gasteiger partial charge is 0.262 e. The van der Waals surface area contributed by atoms with Crippen LogP contribution < -0.4 is 15.0 Å². The van der Waals surface area contributed by atoms with Crippen LogP contribution in [0.3, 0.4) is 0 Å². The molecule has 1 amide bonds. The van der Waals surface area contributed by atoms with Crippen molar-refractivity contribution in [3.8, 4) is 5.75 Å². The summed E-state index contributed by atoms with van der Waals surface area (Å²) in [6.45, 7) is 2.15. The first kappa shape index (κ1) is 21.1. The Kier molecular flexibility index (Phi) is 6.11. The summed E-state index contributed by atoms with van der Waals surface area (Å²) >= 11 is 0. The van der Waals surface area contributed by atoms with Crippen molar-refractivity contribution >= 4 is 38.1 Å². The first-order chi connectivity index (χ1) is 14.9. The van der Waals surface area contributed by atoms with Crippen molar-refractivity contribution in [2.75, 3.05) is 49.3 Å². The zero-order valence-electron chi connectivity index (χ0n) is 17.3. The molecule has 0 bridgehead atoms. The van der Waals surface area contributed by atoms with Gasteiger partial charge >= 0.3 is 0 Å². The quantitative estimate of drug-likeness (QED) is 0.639. The number of rotatable bonds is 6. The van der Waals surface area contributed by atoms with Crippen LogP contribution in [-0.2, 0) is 14.8 Å². The number of benzene rings is 3. The third kappa shape index (κ3) is 5.34. The predicted octanol–water partition coefficient (Wildman–Crippen LogP) is 2.94. The van der Waals surface area contributed by atoms with Gasteiger partial charge in [-0.3, -0.25) is 4.79 Å². The van der Waals surface area contributed by atoms with E-state index in [1.54, 1.807) is 0 Å². The Morgan fingerprint density at radius 2 is 1.61 bits per heavy atom. The lowest BCUT2D eigenvalue weighted by Crippen LogP contribution is -2.48. The number of piperazine rings is 1. The van der Waals surface area contributed by atoms with Gasteiger partial charge in [0.2, 0.25) is 10.0 Å². The van der Waals surface area contributed by atoms with Crippen LogP contribution in [0.1, 0.15) is 0 Å². The average Bonchev–Trinajstić information content (AvgIpc) is 2.77. The summed E-state index contributed by atoms with van der Waals surface area (Å²) in [4.78, 5) is 14.4. The number of nitrogens with one attached hydrogen (secondary N) is 1. The highest BCUT2D eigenvalue weighted by atomic mass is 32.2. The number of anilines is 2. The number of hydrogen-bond acceptors (Lipinski definition) is 5. The van der Waals surface area contributed by atoms with Crippen molar-refractivity contribution in [1.82, 2.24) is 4.31 Å². The molecule has 0 aliphatic carbocycles. The van der Waals surface area contributed by atoms with E-state index in [0.29, 0.717) is 37.6 Å². The molecule has 1 aliphatic heterocycles. The molecule has 0 unspecified atom stereocenters. The van der Waals surface area contributed by atoms with E-state index in [0.717, 1.165) is 16.5 Å². The Morgan fingerprint density at radius 1 is 0.935 bits per heavy atom. The largest absolute Gasteiger partial charge is 0.484 e. The minimum atomic E-state index is -3.14. The van der Waals surface area contributed by atoms with Crippen molar-refractivity contribution in [1.29, 1.82) is 0 Å². The number of carbonyl (C=O) groups is 1. The molecule has 31 heavy (non-hydrogen) atoms. The molecular weight excluding hydrogens is 414 g/mol. The molecule has 162 valence electrons. The highest BCUT2D eigenvalue weighted by Crippen LogP contribution is 2.22. The van der Waals surface area contributed by atoms with Gasteiger partial charge in [-0.05, 0) is 47.2 Å². The molecule has 0 saturated carbocycles. The number of ether oxygens (including phenoxy) is 1. The predicted molar refractivity (Wildman–Crippen MR) is 123 cm³/mol. The van der Waals surface area contributed by atoms with Crippen LogP contribution in [0.25, 0.3) is 10.8 Å². The van der Waals surface area contributed by atoms with E-state index in [9.17, 15) is 13.2 Å². The summed E-state index contributed by atoms with van der Waals surface area (Å²) in [5.74, 6) is 0.417. The third-order valence-corrected chi connectivity index (χ3v) is 6.62. The molecule has 0 radical (unpaired) electrons. The van der Waals surface area contributed by atoms with Gasteiger partial charge in [0.25, 0.3) is 5.91 Å². The van der Waals surface area contributed by atoms with Gasteiger partial charge in [-0.1, -0.05) is 30.3 Å². The van der Waals surface area contributed by atoms with Crippen LogP contribution in [0.15, 0.2) is 66.7 Å². The highest BCUT2D eigenvalue weighted by Gasteiger charge is 2.23. The molecule has 0 spiro atoms. The first-order valence-electron chi connectivity index (χ1n) is 10.1. The molecule has 1 N–H and O–H groups in total. The van der Waals surface area contributed by atoms with E-state index in [-0.39, 0.29) is 12.5 Å².